The van der Waals surface area contributed by atoms with Crippen LogP contribution in [-0.2, 0) is 0 Å². The first-order chi connectivity index (χ1) is 21.3. The fourth-order valence-electron chi connectivity index (χ4n) is 5.73. The summed E-state index contributed by atoms with van der Waals surface area (Å²) in [5.74, 6) is 0. The van der Waals surface area contributed by atoms with Crippen molar-refractivity contribution in [2.24, 2.45) is 0 Å². The van der Waals surface area contributed by atoms with Crippen molar-refractivity contribution in [3.8, 4) is 44.5 Å². The van der Waals surface area contributed by atoms with Crippen LogP contribution in [0.4, 0.5) is 17.1 Å². The summed E-state index contributed by atoms with van der Waals surface area (Å²) in [6.07, 6.45) is 0. The zero-order valence-corrected chi connectivity index (χ0v) is 23.8. The van der Waals surface area contributed by atoms with E-state index in [2.05, 4.69) is 193 Å². The first-order valence-electron chi connectivity index (χ1n) is 14.7. The van der Waals surface area contributed by atoms with Gasteiger partial charge in [0.15, 0.2) is 0 Å². The molecule has 0 aliphatic carbocycles. The van der Waals surface area contributed by atoms with Gasteiger partial charge in [0.2, 0.25) is 0 Å². The Kier molecular flexibility index (Phi) is 7.36. The van der Waals surface area contributed by atoms with Gasteiger partial charge in [-0.25, -0.2) is 0 Å². The minimum absolute atomic E-state index is 1.12. The van der Waals surface area contributed by atoms with E-state index >= 15 is 0 Å². The summed E-state index contributed by atoms with van der Waals surface area (Å²) < 4.78 is 0. The van der Waals surface area contributed by atoms with Crippen LogP contribution in [0.2, 0.25) is 0 Å². The highest BCUT2D eigenvalue weighted by Crippen LogP contribution is 2.43. The third kappa shape index (κ3) is 5.62. The monoisotopic (exact) mass is 549 g/mol. The van der Waals surface area contributed by atoms with Gasteiger partial charge in [-0.05, 0) is 93.5 Å². The number of hydrogen-bond donors (Lipinski definition) is 0. The fourth-order valence-corrected chi connectivity index (χ4v) is 5.73. The summed E-state index contributed by atoms with van der Waals surface area (Å²) in [4.78, 5) is 2.35. The van der Waals surface area contributed by atoms with Gasteiger partial charge in [0.1, 0.15) is 0 Å². The molecule has 204 valence electrons. The van der Waals surface area contributed by atoms with E-state index < -0.39 is 0 Å². The lowest BCUT2D eigenvalue weighted by Crippen LogP contribution is -2.11. The Hall–Kier alpha value is -5.66. The van der Waals surface area contributed by atoms with Gasteiger partial charge in [0.25, 0.3) is 0 Å². The summed E-state index contributed by atoms with van der Waals surface area (Å²) in [5, 5.41) is 0. The number of anilines is 3. The van der Waals surface area contributed by atoms with E-state index in [0.717, 1.165) is 17.1 Å². The highest BCUT2D eigenvalue weighted by Gasteiger charge is 2.18. The van der Waals surface area contributed by atoms with Gasteiger partial charge in [-0.1, -0.05) is 133 Å². The highest BCUT2D eigenvalue weighted by molar-refractivity contribution is 5.91. The van der Waals surface area contributed by atoms with Crippen LogP contribution >= 0.6 is 0 Å². The normalized spacial score (nSPS) is 10.8. The Morgan fingerprint density at radius 3 is 1.07 bits per heavy atom. The summed E-state index contributed by atoms with van der Waals surface area (Å²) in [7, 11) is 0. The van der Waals surface area contributed by atoms with E-state index in [1.54, 1.807) is 0 Å². The molecule has 1 nitrogen and oxygen atoms in total. The van der Waals surface area contributed by atoms with E-state index in [1.165, 1.54) is 44.5 Å². The molecule has 0 radical (unpaired) electrons. The Labute approximate surface area is 254 Å². The molecule has 0 aromatic heterocycles. The Bertz CT molecular complexity index is 1830. The second-order valence-corrected chi connectivity index (χ2v) is 10.6. The number of rotatable bonds is 7. The first-order valence-corrected chi connectivity index (χ1v) is 14.7. The molecular formula is C42H31N. The van der Waals surface area contributed by atoms with E-state index in [1.807, 2.05) is 0 Å². The van der Waals surface area contributed by atoms with Crippen molar-refractivity contribution in [2.75, 3.05) is 4.90 Å². The Balaban J connectivity index is 1.44. The average molecular weight is 550 g/mol. The molecule has 0 aliphatic rings. The van der Waals surface area contributed by atoms with Crippen LogP contribution in [0.1, 0.15) is 0 Å². The molecule has 0 aliphatic heterocycles. The molecule has 0 amide bonds. The standard InChI is InChI=1S/C42H31N/c1-6-16-32(17-7-1)36-28-37(33-18-8-2-9-19-33)30-38(29-36)35-26-27-42(41(31-35)34-20-10-3-11-21-34)43(39-22-12-4-13-23-39)40-24-14-5-15-25-40/h1-31H. The molecule has 0 spiro atoms. The van der Waals surface area contributed by atoms with Gasteiger partial charge < -0.3 is 4.90 Å². The van der Waals surface area contributed by atoms with Crippen LogP contribution in [0.5, 0.6) is 0 Å². The fraction of sp³-hybridized carbons (Fsp3) is 0. The Morgan fingerprint density at radius 2 is 0.628 bits per heavy atom. The molecule has 43 heavy (non-hydrogen) atoms. The van der Waals surface area contributed by atoms with Crippen LogP contribution in [0.3, 0.4) is 0 Å². The van der Waals surface area contributed by atoms with Gasteiger partial charge in [-0.3, -0.25) is 0 Å². The molecule has 0 bridgehead atoms. The minimum atomic E-state index is 1.12. The predicted octanol–water partition coefficient (Wildman–Crippen LogP) is 11.8. The largest absolute Gasteiger partial charge is 0.310 e. The number of benzene rings is 7. The second kappa shape index (κ2) is 12.1. The van der Waals surface area contributed by atoms with Gasteiger partial charge >= 0.3 is 0 Å². The second-order valence-electron chi connectivity index (χ2n) is 10.6. The quantitative estimate of drug-likeness (QED) is 0.191. The highest BCUT2D eigenvalue weighted by atomic mass is 15.1. The van der Waals surface area contributed by atoms with Crippen molar-refractivity contribution in [2.45, 2.75) is 0 Å². The van der Waals surface area contributed by atoms with Gasteiger partial charge in [-0.2, -0.15) is 0 Å². The third-order valence-electron chi connectivity index (χ3n) is 7.83. The molecule has 7 aromatic rings. The zero-order chi connectivity index (χ0) is 28.8. The minimum Gasteiger partial charge on any atom is -0.310 e. The molecule has 0 atom stereocenters. The molecule has 1 heteroatoms. The van der Waals surface area contributed by atoms with Crippen molar-refractivity contribution in [3.63, 3.8) is 0 Å². The molecule has 0 unspecified atom stereocenters. The predicted molar refractivity (Wildman–Crippen MR) is 183 cm³/mol. The molecule has 0 fully saturated rings. The van der Waals surface area contributed by atoms with Gasteiger partial charge in [0.05, 0.1) is 5.69 Å². The molecule has 0 saturated carbocycles. The van der Waals surface area contributed by atoms with Crippen LogP contribution in [0, 0.1) is 0 Å². The molecule has 0 N–H and O–H groups in total. The number of hydrogen-bond acceptors (Lipinski definition) is 1. The lowest BCUT2D eigenvalue weighted by atomic mass is 9.91. The zero-order valence-electron chi connectivity index (χ0n) is 23.8. The van der Waals surface area contributed by atoms with E-state index in [4.69, 9.17) is 0 Å². The lowest BCUT2D eigenvalue weighted by molar-refractivity contribution is 1.28. The van der Waals surface area contributed by atoms with Crippen LogP contribution < -0.4 is 4.90 Å². The lowest BCUT2D eigenvalue weighted by Gasteiger charge is -2.28. The molecular weight excluding hydrogens is 518 g/mol. The summed E-state index contributed by atoms with van der Waals surface area (Å²) in [5.41, 5.74) is 12.9. The van der Waals surface area contributed by atoms with Crippen molar-refractivity contribution >= 4 is 17.1 Å². The van der Waals surface area contributed by atoms with Crippen LogP contribution in [0.25, 0.3) is 44.5 Å². The smallest absolute Gasteiger partial charge is 0.0540 e. The molecule has 7 aromatic carbocycles. The molecule has 0 saturated heterocycles. The van der Waals surface area contributed by atoms with Crippen LogP contribution in [0.15, 0.2) is 188 Å². The molecule has 7 rings (SSSR count). The van der Waals surface area contributed by atoms with Crippen molar-refractivity contribution in [1.82, 2.24) is 0 Å². The summed E-state index contributed by atoms with van der Waals surface area (Å²) in [6, 6.07) is 67.1. The van der Waals surface area contributed by atoms with E-state index in [9.17, 15) is 0 Å². The number of para-hydroxylation sites is 2. The van der Waals surface area contributed by atoms with Crippen molar-refractivity contribution in [1.29, 1.82) is 0 Å². The van der Waals surface area contributed by atoms with E-state index in [0.29, 0.717) is 0 Å². The summed E-state index contributed by atoms with van der Waals surface area (Å²) in [6.45, 7) is 0. The average Bonchev–Trinajstić information content (AvgIpc) is 3.10. The van der Waals surface area contributed by atoms with E-state index in [-0.39, 0.29) is 0 Å². The third-order valence-corrected chi connectivity index (χ3v) is 7.83. The first kappa shape index (κ1) is 26.3. The maximum absolute atomic E-state index is 2.35. The van der Waals surface area contributed by atoms with Gasteiger partial charge in [-0.15, -0.1) is 0 Å². The summed E-state index contributed by atoms with van der Waals surface area (Å²) >= 11 is 0. The Morgan fingerprint density at radius 1 is 0.256 bits per heavy atom. The van der Waals surface area contributed by atoms with Gasteiger partial charge in [0, 0.05) is 16.9 Å². The maximum atomic E-state index is 2.35. The maximum Gasteiger partial charge on any atom is 0.0540 e. The SMILES string of the molecule is c1ccc(-c2cc(-c3ccccc3)cc(-c3ccc(N(c4ccccc4)c4ccccc4)c(-c4ccccc4)c3)c2)cc1. The van der Waals surface area contributed by atoms with Crippen molar-refractivity contribution in [3.05, 3.63) is 188 Å². The topological polar surface area (TPSA) is 3.24 Å². The van der Waals surface area contributed by atoms with Crippen molar-refractivity contribution < 1.29 is 0 Å². The van der Waals surface area contributed by atoms with Crippen LogP contribution in [-0.4, -0.2) is 0 Å². The number of nitrogens with zero attached hydrogens (tertiary/aromatic N) is 1. The molecule has 0 heterocycles.